The fourth-order valence-electron chi connectivity index (χ4n) is 1.31. The molecule has 7 heteroatoms. The predicted octanol–water partition coefficient (Wildman–Crippen LogP) is 0.228. The molecular formula is C13H20N4O3. The van der Waals surface area contributed by atoms with Gasteiger partial charge in [0.15, 0.2) is 6.61 Å². The molecule has 0 saturated carbocycles. The lowest BCUT2D eigenvalue weighted by Gasteiger charge is -2.15. The summed E-state index contributed by atoms with van der Waals surface area (Å²) in [5.41, 5.74) is 0. The van der Waals surface area contributed by atoms with E-state index < -0.39 is 5.97 Å². The molecule has 0 fully saturated rings. The second-order valence-electron chi connectivity index (χ2n) is 4.76. The number of hydrogen-bond donors (Lipinski definition) is 1. The zero-order valence-electron chi connectivity index (χ0n) is 12.0. The van der Waals surface area contributed by atoms with Crippen molar-refractivity contribution in [2.75, 3.05) is 31.6 Å². The quantitative estimate of drug-likeness (QED) is 0.720. The number of carbonyl (C=O) groups excluding carboxylic acids is 2. The van der Waals surface area contributed by atoms with Gasteiger partial charge in [-0.15, -0.1) is 0 Å². The molecule has 0 saturated heterocycles. The predicted molar refractivity (Wildman–Crippen MR) is 74.1 cm³/mol. The number of hydrogen-bond acceptors (Lipinski definition) is 6. The van der Waals surface area contributed by atoms with Crippen LogP contribution in [0.4, 0.5) is 5.95 Å². The molecule has 0 atom stereocenters. The lowest BCUT2D eigenvalue weighted by molar-refractivity contribution is -0.147. The van der Waals surface area contributed by atoms with Crippen molar-refractivity contribution in [3.8, 4) is 0 Å². The number of nitrogens with one attached hydrogen (secondary N) is 1. The summed E-state index contributed by atoms with van der Waals surface area (Å²) in [6, 6.07) is 1.69. The number of aromatic nitrogens is 2. The molecule has 1 N–H and O–H groups in total. The van der Waals surface area contributed by atoms with Gasteiger partial charge >= 0.3 is 5.97 Å². The topological polar surface area (TPSA) is 84.4 Å². The normalized spacial score (nSPS) is 10.2. The summed E-state index contributed by atoms with van der Waals surface area (Å²) in [6.07, 6.45) is 3.17. The minimum Gasteiger partial charge on any atom is -0.454 e. The molecule has 7 nitrogen and oxygen atoms in total. The Kier molecular flexibility index (Phi) is 6.42. The number of rotatable bonds is 7. The third-order valence-electron chi connectivity index (χ3n) is 2.33. The molecule has 0 unspecified atom stereocenters. The van der Waals surface area contributed by atoms with E-state index in [1.165, 1.54) is 0 Å². The number of nitrogens with zero attached hydrogens (tertiary/aromatic N) is 3. The highest BCUT2D eigenvalue weighted by Crippen LogP contribution is 2.01. The molecule has 1 rings (SSSR count). The Morgan fingerprint density at radius 2 is 2.00 bits per heavy atom. The van der Waals surface area contributed by atoms with E-state index in [1.54, 1.807) is 30.4 Å². The summed E-state index contributed by atoms with van der Waals surface area (Å²) < 4.78 is 4.88. The molecule has 110 valence electrons. The fraction of sp³-hybridized carbons (Fsp3) is 0.538. The van der Waals surface area contributed by atoms with Crippen LogP contribution < -0.4 is 10.2 Å². The van der Waals surface area contributed by atoms with Gasteiger partial charge in [0.25, 0.3) is 5.91 Å². The van der Waals surface area contributed by atoms with Crippen molar-refractivity contribution in [1.82, 2.24) is 15.3 Å². The molecule has 0 aliphatic carbocycles. The van der Waals surface area contributed by atoms with Gasteiger partial charge in [0.05, 0.1) is 0 Å². The van der Waals surface area contributed by atoms with E-state index in [0.717, 1.165) is 0 Å². The maximum absolute atomic E-state index is 11.6. The van der Waals surface area contributed by atoms with Gasteiger partial charge in [-0.2, -0.15) is 0 Å². The third-order valence-corrected chi connectivity index (χ3v) is 2.33. The molecule has 1 amide bonds. The summed E-state index contributed by atoms with van der Waals surface area (Å²) in [5, 5.41) is 2.67. The molecule has 1 heterocycles. The van der Waals surface area contributed by atoms with Crippen molar-refractivity contribution in [3.63, 3.8) is 0 Å². The molecular weight excluding hydrogens is 260 g/mol. The maximum Gasteiger partial charge on any atom is 0.326 e. The Balaban J connectivity index is 2.28. The van der Waals surface area contributed by atoms with Gasteiger partial charge in [0.1, 0.15) is 6.54 Å². The number of ether oxygens (including phenoxy) is 1. The molecule has 0 bridgehead atoms. The highest BCUT2D eigenvalue weighted by Gasteiger charge is 2.12. The number of carbonyl (C=O) groups is 2. The molecule has 0 aliphatic heterocycles. The zero-order valence-corrected chi connectivity index (χ0v) is 12.0. The van der Waals surface area contributed by atoms with Crippen LogP contribution in [0.3, 0.4) is 0 Å². The molecule has 0 spiro atoms. The van der Waals surface area contributed by atoms with Crippen molar-refractivity contribution in [3.05, 3.63) is 18.5 Å². The summed E-state index contributed by atoms with van der Waals surface area (Å²) in [5.74, 6) is -0.0185. The van der Waals surface area contributed by atoms with Gasteiger partial charge in [-0.3, -0.25) is 9.59 Å². The standard InChI is InChI=1S/C13H20N4O3/c1-10(2)7-16-11(18)9-20-12(19)8-17(3)13-14-5-4-6-15-13/h4-6,10H,7-9H2,1-3H3,(H,16,18). The van der Waals surface area contributed by atoms with Gasteiger partial charge in [-0.25, -0.2) is 9.97 Å². The Morgan fingerprint density at radius 3 is 2.60 bits per heavy atom. The van der Waals surface area contributed by atoms with Crippen molar-refractivity contribution >= 4 is 17.8 Å². The second kappa shape index (κ2) is 8.08. The number of amides is 1. The first-order valence-electron chi connectivity index (χ1n) is 6.39. The highest BCUT2D eigenvalue weighted by atomic mass is 16.5. The summed E-state index contributed by atoms with van der Waals surface area (Å²) >= 11 is 0. The van der Waals surface area contributed by atoms with Crippen LogP contribution in [-0.2, 0) is 14.3 Å². The van der Waals surface area contributed by atoms with Crippen LogP contribution in [0.25, 0.3) is 0 Å². The number of esters is 1. The van der Waals surface area contributed by atoms with E-state index in [4.69, 9.17) is 4.74 Å². The number of likely N-dealkylation sites (N-methyl/N-ethyl adjacent to an activating group) is 1. The summed E-state index contributed by atoms with van der Waals surface area (Å²) in [6.45, 7) is 4.26. The molecule has 1 aromatic rings. The van der Waals surface area contributed by atoms with Crippen LogP contribution in [-0.4, -0.2) is 48.6 Å². The van der Waals surface area contributed by atoms with Crippen LogP contribution in [0.5, 0.6) is 0 Å². The SMILES string of the molecule is CC(C)CNC(=O)COC(=O)CN(C)c1ncccn1. The number of anilines is 1. The molecule has 0 radical (unpaired) electrons. The second-order valence-corrected chi connectivity index (χ2v) is 4.76. The smallest absolute Gasteiger partial charge is 0.326 e. The van der Waals surface area contributed by atoms with Gasteiger partial charge in [0.2, 0.25) is 5.95 Å². The van der Waals surface area contributed by atoms with Crippen LogP contribution in [0.1, 0.15) is 13.8 Å². The maximum atomic E-state index is 11.6. The molecule has 0 aliphatic rings. The Bertz CT molecular complexity index is 437. The summed E-state index contributed by atoms with van der Waals surface area (Å²) in [4.78, 5) is 32.5. The molecule has 1 aromatic heterocycles. The van der Waals surface area contributed by atoms with Crippen LogP contribution in [0, 0.1) is 5.92 Å². The van der Waals surface area contributed by atoms with Gasteiger partial charge < -0.3 is 15.0 Å². The van der Waals surface area contributed by atoms with Crippen LogP contribution >= 0.6 is 0 Å². The van der Waals surface area contributed by atoms with Crippen LogP contribution in [0.2, 0.25) is 0 Å². The first kappa shape index (κ1) is 15.9. The van der Waals surface area contributed by atoms with Gasteiger partial charge in [-0.1, -0.05) is 13.8 Å². The van der Waals surface area contributed by atoms with Crippen molar-refractivity contribution < 1.29 is 14.3 Å². The van der Waals surface area contributed by atoms with E-state index >= 15 is 0 Å². The average Bonchev–Trinajstić information content (AvgIpc) is 2.43. The van der Waals surface area contributed by atoms with E-state index in [1.807, 2.05) is 13.8 Å². The minimum absolute atomic E-state index is 0.0124. The Labute approximate surface area is 118 Å². The fourth-order valence-corrected chi connectivity index (χ4v) is 1.31. The lowest BCUT2D eigenvalue weighted by atomic mass is 10.2. The van der Waals surface area contributed by atoms with E-state index in [2.05, 4.69) is 15.3 Å². The highest BCUT2D eigenvalue weighted by molar-refractivity contribution is 5.81. The van der Waals surface area contributed by atoms with Crippen molar-refractivity contribution in [2.45, 2.75) is 13.8 Å². The average molecular weight is 280 g/mol. The zero-order chi connectivity index (χ0) is 15.0. The van der Waals surface area contributed by atoms with E-state index in [0.29, 0.717) is 18.4 Å². The minimum atomic E-state index is -0.500. The van der Waals surface area contributed by atoms with E-state index in [9.17, 15) is 9.59 Å². The Morgan fingerprint density at radius 1 is 1.35 bits per heavy atom. The lowest BCUT2D eigenvalue weighted by Crippen LogP contribution is -2.34. The Hall–Kier alpha value is -2.18. The van der Waals surface area contributed by atoms with Gasteiger partial charge in [0, 0.05) is 26.0 Å². The first-order valence-corrected chi connectivity index (χ1v) is 6.39. The third kappa shape index (κ3) is 6.12. The first-order chi connectivity index (χ1) is 9.49. The van der Waals surface area contributed by atoms with Crippen molar-refractivity contribution in [1.29, 1.82) is 0 Å². The largest absolute Gasteiger partial charge is 0.454 e. The van der Waals surface area contributed by atoms with Crippen molar-refractivity contribution in [2.24, 2.45) is 5.92 Å². The summed E-state index contributed by atoms with van der Waals surface area (Å²) in [7, 11) is 1.68. The van der Waals surface area contributed by atoms with Gasteiger partial charge in [-0.05, 0) is 12.0 Å². The molecule has 0 aromatic carbocycles. The van der Waals surface area contributed by atoms with E-state index in [-0.39, 0.29) is 19.1 Å². The molecule has 20 heavy (non-hydrogen) atoms. The monoisotopic (exact) mass is 280 g/mol. The van der Waals surface area contributed by atoms with Crippen LogP contribution in [0.15, 0.2) is 18.5 Å².